The molecule has 0 radical (unpaired) electrons. The molecule has 0 bridgehead atoms. The molecule has 0 aliphatic carbocycles. The molecule has 1 amide bonds. The van der Waals surface area contributed by atoms with Gasteiger partial charge in [-0.2, -0.15) is 9.46 Å². The summed E-state index contributed by atoms with van der Waals surface area (Å²) in [5.41, 5.74) is 0.722. The number of ether oxygens (including phenoxy) is 1. The van der Waals surface area contributed by atoms with Gasteiger partial charge in [0.25, 0.3) is 16.6 Å². The summed E-state index contributed by atoms with van der Waals surface area (Å²) < 4.78 is 7.49. The molecule has 128 valence electrons. The van der Waals surface area contributed by atoms with Crippen LogP contribution in [0, 0.1) is 14.0 Å². The van der Waals surface area contributed by atoms with E-state index in [-0.39, 0.29) is 27.8 Å². The van der Waals surface area contributed by atoms with Crippen LogP contribution in [-0.2, 0) is 0 Å². The van der Waals surface area contributed by atoms with Crippen molar-refractivity contribution in [3.63, 3.8) is 0 Å². The zero-order valence-electron chi connectivity index (χ0n) is 13.1. The molecule has 0 spiro atoms. The molecule has 0 unspecified atom stereocenters. The summed E-state index contributed by atoms with van der Waals surface area (Å²) in [6.07, 6.45) is 1.39. The zero-order valence-corrected chi connectivity index (χ0v) is 15.3. The van der Waals surface area contributed by atoms with E-state index < -0.39 is 6.09 Å². The number of aromatic nitrogens is 2. The number of para-hydroxylation sites is 2. The lowest BCUT2D eigenvalue weighted by atomic mass is 10.2. The Hall–Kier alpha value is -2.36. The van der Waals surface area contributed by atoms with Crippen LogP contribution in [0.2, 0.25) is 0 Å². The van der Waals surface area contributed by atoms with Crippen molar-refractivity contribution in [2.75, 3.05) is 13.1 Å². The average molecular weight is 451 g/mol. The van der Waals surface area contributed by atoms with Crippen LogP contribution in [0.1, 0.15) is 12.8 Å². The molecule has 0 saturated carbocycles. The number of halogens is 1. The molecule has 8 heteroatoms. The molecule has 25 heavy (non-hydrogen) atoms. The first kappa shape index (κ1) is 16.1. The van der Waals surface area contributed by atoms with E-state index in [1.165, 1.54) is 0 Å². The molecule has 2 heterocycles. The Labute approximate surface area is 156 Å². The summed E-state index contributed by atoms with van der Waals surface area (Å²) in [6, 6.07) is 9.78. The SMILES string of the molecule is O=C(Oc1c(I)ccc2c1[n+]([O-])c1ccccc1[n+]2[O-])N1CCCC1. The van der Waals surface area contributed by atoms with Gasteiger partial charge in [-0.05, 0) is 41.5 Å². The highest BCUT2D eigenvalue weighted by atomic mass is 127. The molecule has 1 aliphatic rings. The zero-order chi connectivity index (χ0) is 17.6. The lowest BCUT2D eigenvalue weighted by molar-refractivity contribution is -0.591. The molecule has 1 aliphatic heterocycles. The maximum Gasteiger partial charge on any atom is 0.415 e. The van der Waals surface area contributed by atoms with E-state index in [1.807, 2.05) is 22.6 Å². The van der Waals surface area contributed by atoms with Crippen LogP contribution in [0.15, 0.2) is 36.4 Å². The van der Waals surface area contributed by atoms with Gasteiger partial charge in [0.05, 0.1) is 3.57 Å². The second kappa shape index (κ2) is 6.17. The van der Waals surface area contributed by atoms with Gasteiger partial charge in [-0.25, -0.2) is 4.79 Å². The summed E-state index contributed by atoms with van der Waals surface area (Å²) in [7, 11) is 0. The van der Waals surface area contributed by atoms with Gasteiger partial charge in [-0.15, -0.1) is 0 Å². The topological polar surface area (TPSA) is 83.4 Å². The van der Waals surface area contributed by atoms with Crippen LogP contribution in [-0.4, -0.2) is 24.1 Å². The molecule has 0 N–H and O–H groups in total. The van der Waals surface area contributed by atoms with Crippen LogP contribution in [0.4, 0.5) is 4.79 Å². The number of carbonyl (C=O) groups excluding carboxylic acids is 1. The Morgan fingerprint density at radius 1 is 1.00 bits per heavy atom. The summed E-state index contributed by atoms with van der Waals surface area (Å²) >= 11 is 2.00. The summed E-state index contributed by atoms with van der Waals surface area (Å²) in [6.45, 7) is 1.28. The Bertz CT molecular complexity index is 1000. The lowest BCUT2D eigenvalue weighted by Gasteiger charge is -2.16. The molecule has 7 nitrogen and oxygen atoms in total. The molecule has 1 aromatic heterocycles. The molecular formula is C17H14IN3O4. The van der Waals surface area contributed by atoms with Crippen molar-refractivity contribution < 1.29 is 19.0 Å². The first-order chi connectivity index (χ1) is 12.1. The van der Waals surface area contributed by atoms with Crippen LogP contribution >= 0.6 is 22.6 Å². The van der Waals surface area contributed by atoms with E-state index in [9.17, 15) is 15.2 Å². The third-order valence-corrected chi connectivity index (χ3v) is 5.21. The van der Waals surface area contributed by atoms with E-state index in [1.54, 1.807) is 41.3 Å². The van der Waals surface area contributed by atoms with E-state index in [2.05, 4.69) is 0 Å². The maximum absolute atomic E-state index is 12.9. The average Bonchev–Trinajstić information content (AvgIpc) is 3.16. The fourth-order valence-corrected chi connectivity index (χ4v) is 3.65. The van der Waals surface area contributed by atoms with Crippen LogP contribution in [0.25, 0.3) is 22.1 Å². The number of hydrogen-bond acceptors (Lipinski definition) is 4. The van der Waals surface area contributed by atoms with Crippen molar-refractivity contribution in [1.82, 2.24) is 4.90 Å². The number of fused-ring (bicyclic) bond motifs is 2. The Morgan fingerprint density at radius 2 is 1.64 bits per heavy atom. The minimum atomic E-state index is -0.492. The second-order valence-corrected chi connectivity index (χ2v) is 7.05. The number of carbonyl (C=O) groups is 1. The minimum Gasteiger partial charge on any atom is -0.617 e. The fraction of sp³-hybridized carbons (Fsp3) is 0.235. The largest absolute Gasteiger partial charge is 0.617 e. The summed E-state index contributed by atoms with van der Waals surface area (Å²) in [4.78, 5) is 14.0. The standard InChI is InChI=1S/C17H14IN3O4/c18-11-7-8-14-15(16(11)25-17(22)19-9-3-4-10-19)21(24)13-6-2-1-5-12(13)20(14)23/h1-2,5-8H,3-4,9-10H2. The lowest BCUT2D eigenvalue weighted by Crippen LogP contribution is -2.40. The molecular weight excluding hydrogens is 437 g/mol. The van der Waals surface area contributed by atoms with E-state index in [0.29, 0.717) is 26.1 Å². The van der Waals surface area contributed by atoms with Gasteiger partial charge in [0.15, 0.2) is 0 Å². The highest BCUT2D eigenvalue weighted by molar-refractivity contribution is 14.1. The highest BCUT2D eigenvalue weighted by Gasteiger charge is 2.29. The number of amides is 1. The van der Waals surface area contributed by atoms with E-state index in [0.717, 1.165) is 12.8 Å². The van der Waals surface area contributed by atoms with Gasteiger partial charge in [-0.3, -0.25) is 0 Å². The Morgan fingerprint density at radius 3 is 2.32 bits per heavy atom. The normalized spacial score (nSPS) is 14.4. The van der Waals surface area contributed by atoms with E-state index in [4.69, 9.17) is 4.74 Å². The predicted octanol–water partition coefficient (Wildman–Crippen LogP) is 2.46. The van der Waals surface area contributed by atoms with Gasteiger partial charge in [-0.1, -0.05) is 12.1 Å². The first-order valence-corrected chi connectivity index (χ1v) is 8.98. The molecule has 3 aromatic rings. The van der Waals surface area contributed by atoms with Gasteiger partial charge in [0, 0.05) is 31.3 Å². The minimum absolute atomic E-state index is 0.0631. The van der Waals surface area contributed by atoms with Crippen molar-refractivity contribution in [1.29, 1.82) is 0 Å². The molecule has 0 atom stereocenters. The van der Waals surface area contributed by atoms with Crippen molar-refractivity contribution >= 4 is 50.8 Å². The van der Waals surface area contributed by atoms with Crippen molar-refractivity contribution in [3.05, 3.63) is 50.4 Å². The summed E-state index contributed by atoms with van der Waals surface area (Å²) in [5.74, 6) is 0.125. The van der Waals surface area contributed by atoms with Crippen LogP contribution in [0.3, 0.4) is 0 Å². The van der Waals surface area contributed by atoms with Gasteiger partial charge in [0.1, 0.15) is 0 Å². The van der Waals surface area contributed by atoms with E-state index >= 15 is 0 Å². The molecule has 1 saturated heterocycles. The molecule has 2 aromatic carbocycles. The second-order valence-electron chi connectivity index (χ2n) is 5.88. The van der Waals surface area contributed by atoms with Gasteiger partial charge >= 0.3 is 11.6 Å². The fourth-order valence-electron chi connectivity index (χ4n) is 3.10. The van der Waals surface area contributed by atoms with Crippen LogP contribution < -0.4 is 14.2 Å². The monoisotopic (exact) mass is 451 g/mol. The summed E-state index contributed by atoms with van der Waals surface area (Å²) in [5, 5.41) is 25.5. The van der Waals surface area contributed by atoms with Crippen molar-refractivity contribution in [2.24, 2.45) is 0 Å². The van der Waals surface area contributed by atoms with Crippen molar-refractivity contribution in [2.45, 2.75) is 12.8 Å². The first-order valence-electron chi connectivity index (χ1n) is 7.91. The number of likely N-dealkylation sites (tertiary alicyclic amines) is 1. The number of rotatable bonds is 1. The number of nitrogens with zero attached hydrogens (tertiary/aromatic N) is 3. The van der Waals surface area contributed by atoms with Gasteiger partial charge < -0.3 is 20.1 Å². The smallest absolute Gasteiger partial charge is 0.415 e. The highest BCUT2D eigenvalue weighted by Crippen LogP contribution is 2.29. The Balaban J connectivity index is 1.94. The number of benzene rings is 2. The number of hydrogen-bond donors (Lipinski definition) is 0. The molecule has 4 rings (SSSR count). The quantitative estimate of drug-likeness (QED) is 0.246. The maximum atomic E-state index is 12.9. The Kier molecular flexibility index (Phi) is 3.98. The van der Waals surface area contributed by atoms with Crippen LogP contribution in [0.5, 0.6) is 5.75 Å². The molecule has 1 fully saturated rings. The predicted molar refractivity (Wildman–Crippen MR) is 98.9 cm³/mol. The van der Waals surface area contributed by atoms with Crippen molar-refractivity contribution in [3.8, 4) is 5.75 Å². The third kappa shape index (κ3) is 2.60. The third-order valence-electron chi connectivity index (χ3n) is 4.36. The van der Waals surface area contributed by atoms with Gasteiger partial charge in [0.2, 0.25) is 5.75 Å².